The summed E-state index contributed by atoms with van der Waals surface area (Å²) in [5.41, 5.74) is 7.06. The number of nitrogens with zero attached hydrogens (tertiary/aromatic N) is 4. The van der Waals surface area contributed by atoms with Crippen LogP contribution in [0.2, 0.25) is 0 Å². The van der Waals surface area contributed by atoms with Crippen molar-refractivity contribution in [3.05, 3.63) is 77.7 Å². The zero-order chi connectivity index (χ0) is 25.4. The van der Waals surface area contributed by atoms with Crippen molar-refractivity contribution in [1.29, 1.82) is 5.26 Å². The Morgan fingerprint density at radius 3 is 2.78 bits per heavy atom. The van der Waals surface area contributed by atoms with E-state index in [9.17, 15) is 5.26 Å². The van der Waals surface area contributed by atoms with E-state index in [-0.39, 0.29) is 0 Å². The largest absolute Gasteiger partial charge is 0.456 e. The quantitative estimate of drug-likeness (QED) is 0.320. The third kappa shape index (κ3) is 4.45. The summed E-state index contributed by atoms with van der Waals surface area (Å²) in [5, 5.41) is 17.5. The number of hydrogen-bond acceptors (Lipinski definition) is 7. The van der Waals surface area contributed by atoms with Crippen LogP contribution in [0.4, 0.5) is 11.4 Å². The Morgan fingerprint density at radius 2 is 1.97 bits per heavy atom. The van der Waals surface area contributed by atoms with Crippen molar-refractivity contribution >= 4 is 33.2 Å². The van der Waals surface area contributed by atoms with Gasteiger partial charge in [0, 0.05) is 73.3 Å². The molecule has 1 saturated heterocycles. The molecule has 0 radical (unpaired) electrons. The molecule has 0 saturated carbocycles. The van der Waals surface area contributed by atoms with E-state index in [0.717, 1.165) is 71.4 Å². The molecule has 0 amide bonds. The Hall–Kier alpha value is -4.16. The molecule has 4 heterocycles. The summed E-state index contributed by atoms with van der Waals surface area (Å²) in [6, 6.07) is 16.8. The molecule has 1 aliphatic heterocycles. The highest BCUT2D eigenvalue weighted by Crippen LogP contribution is 2.37. The molecule has 186 valence electrons. The number of aromatic amines is 1. The smallest absolute Gasteiger partial charge is 0.139 e. The summed E-state index contributed by atoms with van der Waals surface area (Å²) < 4.78 is 6.26. The van der Waals surface area contributed by atoms with E-state index in [1.54, 1.807) is 19.5 Å². The van der Waals surface area contributed by atoms with Crippen LogP contribution in [-0.4, -0.2) is 53.2 Å². The van der Waals surface area contributed by atoms with Gasteiger partial charge in [-0.15, -0.1) is 0 Å². The molecule has 1 fully saturated rings. The molecule has 2 aromatic carbocycles. The van der Waals surface area contributed by atoms with Crippen LogP contribution >= 0.6 is 0 Å². The minimum Gasteiger partial charge on any atom is -0.456 e. The normalized spacial score (nSPS) is 14.8. The lowest BCUT2D eigenvalue weighted by Gasteiger charge is -2.33. The van der Waals surface area contributed by atoms with Crippen LogP contribution in [0.1, 0.15) is 16.7 Å². The lowest BCUT2D eigenvalue weighted by atomic mass is 10.1. The molecule has 0 spiro atoms. The Morgan fingerprint density at radius 1 is 1.11 bits per heavy atom. The van der Waals surface area contributed by atoms with E-state index in [4.69, 9.17) is 9.25 Å². The Labute approximate surface area is 215 Å². The second-order valence-corrected chi connectivity index (χ2v) is 9.39. The maximum atomic E-state index is 9.86. The number of hydrogen-bond donors (Lipinski definition) is 2. The molecule has 6 rings (SSSR count). The predicted molar refractivity (Wildman–Crippen MR) is 144 cm³/mol. The van der Waals surface area contributed by atoms with Crippen LogP contribution in [0.25, 0.3) is 33.2 Å². The summed E-state index contributed by atoms with van der Waals surface area (Å²) in [6.07, 6.45) is 5.27. The number of rotatable bonds is 6. The number of aryl methyl sites for hydroxylation is 1. The second-order valence-electron chi connectivity index (χ2n) is 9.39. The van der Waals surface area contributed by atoms with E-state index in [1.807, 2.05) is 35.5 Å². The van der Waals surface area contributed by atoms with Crippen molar-refractivity contribution in [2.24, 2.45) is 0 Å². The second kappa shape index (κ2) is 9.71. The van der Waals surface area contributed by atoms with Gasteiger partial charge in [0.15, 0.2) is 0 Å². The van der Waals surface area contributed by atoms with Crippen molar-refractivity contribution in [1.82, 2.24) is 19.9 Å². The van der Waals surface area contributed by atoms with Crippen molar-refractivity contribution < 1.29 is 9.25 Å². The van der Waals surface area contributed by atoms with Gasteiger partial charge in [-0.1, -0.05) is 6.07 Å². The molecule has 1 aliphatic rings. The maximum absolute atomic E-state index is 9.86. The molecule has 0 unspecified atom stereocenters. The highest BCUT2D eigenvalue weighted by molar-refractivity contribution is 5.92. The van der Waals surface area contributed by atoms with Crippen molar-refractivity contribution in [2.45, 2.75) is 13.5 Å². The van der Waals surface area contributed by atoms with Gasteiger partial charge in [-0.25, -0.2) is 0 Å². The Balaban J connectivity index is 1.32. The predicted octanol–water partition coefficient (Wildman–Crippen LogP) is 5.58. The Kier molecular flexibility index (Phi) is 6.10. The molecule has 3 aromatic heterocycles. The van der Waals surface area contributed by atoms with E-state index >= 15 is 0 Å². The van der Waals surface area contributed by atoms with Crippen LogP contribution in [-0.2, 0) is 11.4 Å². The van der Waals surface area contributed by atoms with Crippen LogP contribution < -0.4 is 5.32 Å². The van der Waals surface area contributed by atoms with Crippen molar-refractivity contribution in [2.75, 3.05) is 38.6 Å². The average molecular weight is 493 g/mol. The zero-order valence-corrected chi connectivity index (χ0v) is 20.9. The summed E-state index contributed by atoms with van der Waals surface area (Å²) in [6.45, 7) is 6.71. The Bertz CT molecular complexity index is 1620. The van der Waals surface area contributed by atoms with E-state index in [1.165, 1.54) is 5.56 Å². The van der Waals surface area contributed by atoms with Gasteiger partial charge in [-0.3, -0.25) is 9.88 Å². The fourth-order valence-electron chi connectivity index (χ4n) is 5.07. The zero-order valence-electron chi connectivity index (χ0n) is 20.9. The topological polar surface area (TPSA) is 93.3 Å². The SMILES string of the molecule is CON1CCN(Cc2ccc3oc(-c4cncc(C#N)c4Nc4ccc5[nH]ccc5c4C)cc3c2)CC1. The number of nitrogens with one attached hydrogen (secondary N) is 2. The average Bonchev–Trinajstić information content (AvgIpc) is 3.58. The third-order valence-electron chi connectivity index (χ3n) is 7.17. The number of H-pyrrole nitrogens is 1. The number of aromatic nitrogens is 2. The van der Waals surface area contributed by atoms with Crippen molar-refractivity contribution in [3.63, 3.8) is 0 Å². The van der Waals surface area contributed by atoms with Gasteiger partial charge in [0.1, 0.15) is 17.4 Å². The molecule has 0 aliphatic carbocycles. The highest BCUT2D eigenvalue weighted by Gasteiger charge is 2.19. The molecular weight excluding hydrogens is 464 g/mol. The van der Waals surface area contributed by atoms with Gasteiger partial charge < -0.3 is 19.6 Å². The van der Waals surface area contributed by atoms with E-state index in [0.29, 0.717) is 17.0 Å². The first-order valence-corrected chi connectivity index (χ1v) is 12.4. The molecule has 2 N–H and O–H groups in total. The summed E-state index contributed by atoms with van der Waals surface area (Å²) in [4.78, 5) is 15.3. The van der Waals surface area contributed by atoms with Crippen LogP contribution in [0.15, 0.2) is 65.5 Å². The molecule has 8 nitrogen and oxygen atoms in total. The molecule has 0 bridgehead atoms. The first kappa shape index (κ1) is 23.3. The minimum absolute atomic E-state index is 0.461. The maximum Gasteiger partial charge on any atom is 0.139 e. The van der Waals surface area contributed by atoms with Crippen LogP contribution in [0, 0.1) is 18.3 Å². The lowest BCUT2D eigenvalue weighted by Crippen LogP contribution is -2.45. The summed E-state index contributed by atoms with van der Waals surface area (Å²) in [5.74, 6) is 0.674. The summed E-state index contributed by atoms with van der Waals surface area (Å²) in [7, 11) is 1.73. The standard InChI is InChI=1S/C29H28N6O2/c1-19-23-7-8-32-26(23)5-4-25(19)33-29-22(15-30)16-31-17-24(29)28-14-21-13-20(3-6-27(21)37-28)18-34-9-11-35(36-2)12-10-34/h3-8,13-14,16-17,32H,9-12,18H2,1-2H3,(H,31,33). The van der Waals surface area contributed by atoms with E-state index in [2.05, 4.69) is 51.4 Å². The molecule has 8 heteroatoms. The molecule has 0 atom stereocenters. The van der Waals surface area contributed by atoms with Gasteiger partial charge in [-0.2, -0.15) is 10.3 Å². The minimum atomic E-state index is 0.461. The van der Waals surface area contributed by atoms with Gasteiger partial charge in [-0.05, 0) is 54.4 Å². The number of furan rings is 1. The van der Waals surface area contributed by atoms with Crippen LogP contribution in [0.5, 0.6) is 0 Å². The number of nitriles is 1. The number of hydroxylamine groups is 2. The first-order chi connectivity index (χ1) is 18.1. The molecule has 5 aromatic rings. The van der Waals surface area contributed by atoms with Gasteiger partial charge in [0.25, 0.3) is 0 Å². The monoisotopic (exact) mass is 492 g/mol. The molecular formula is C29H28N6O2. The number of anilines is 2. The fraction of sp³-hybridized carbons (Fsp3) is 0.241. The van der Waals surface area contributed by atoms with Gasteiger partial charge in [0.05, 0.1) is 23.9 Å². The lowest BCUT2D eigenvalue weighted by molar-refractivity contribution is -0.152. The van der Waals surface area contributed by atoms with Crippen LogP contribution in [0.3, 0.4) is 0 Å². The van der Waals surface area contributed by atoms with E-state index < -0.39 is 0 Å². The number of pyridine rings is 1. The number of piperazine rings is 1. The molecule has 37 heavy (non-hydrogen) atoms. The number of fused-ring (bicyclic) bond motifs is 2. The number of benzene rings is 2. The van der Waals surface area contributed by atoms with Crippen molar-refractivity contribution in [3.8, 4) is 17.4 Å². The fourth-order valence-corrected chi connectivity index (χ4v) is 5.07. The highest BCUT2D eigenvalue weighted by atomic mass is 16.7. The van der Waals surface area contributed by atoms with Gasteiger partial charge in [0.2, 0.25) is 0 Å². The first-order valence-electron chi connectivity index (χ1n) is 12.4. The summed E-state index contributed by atoms with van der Waals surface area (Å²) >= 11 is 0. The third-order valence-corrected chi connectivity index (χ3v) is 7.17. The van der Waals surface area contributed by atoms with Gasteiger partial charge >= 0.3 is 0 Å².